The molecule has 0 saturated heterocycles. The maximum absolute atomic E-state index is 12.1. The van der Waals surface area contributed by atoms with E-state index in [4.69, 9.17) is 4.74 Å². The highest BCUT2D eigenvalue weighted by Gasteiger charge is 2.09. The highest BCUT2D eigenvalue weighted by molar-refractivity contribution is 5.85. The number of anilines is 1. The summed E-state index contributed by atoms with van der Waals surface area (Å²) in [7, 11) is 0. The van der Waals surface area contributed by atoms with Crippen LogP contribution in [0.25, 0.3) is 0 Å². The van der Waals surface area contributed by atoms with Crippen LogP contribution in [0.15, 0.2) is 36.4 Å². The lowest BCUT2D eigenvalue weighted by molar-refractivity contribution is 0.111. The largest absolute Gasteiger partial charge is 0.489 e. The third-order valence-electron chi connectivity index (χ3n) is 3.84. The Morgan fingerprint density at radius 1 is 1.12 bits per heavy atom. The quantitative estimate of drug-likeness (QED) is 0.817. The van der Waals surface area contributed by atoms with Gasteiger partial charge < -0.3 is 9.47 Å². The van der Waals surface area contributed by atoms with Gasteiger partial charge in [-0.05, 0) is 49.1 Å². The monoisotopic (exact) mass is 331 g/mol. The van der Waals surface area contributed by atoms with Gasteiger partial charge in [-0.2, -0.15) is 0 Å². The summed E-state index contributed by atoms with van der Waals surface area (Å²) >= 11 is 0. The number of nitrogens with one attached hydrogen (secondary N) is 1. The van der Waals surface area contributed by atoms with Crippen LogP contribution < -0.4 is 10.1 Å². The zero-order valence-corrected chi connectivity index (χ0v) is 14.2. The summed E-state index contributed by atoms with van der Waals surface area (Å²) in [5.41, 5.74) is 4.88. The Hall–Kier alpha value is -2.56. The minimum atomic E-state index is -1.16. The number of para-hydroxylation sites is 1. The molecule has 2 aromatic rings. The molecule has 5 heteroatoms. The molecule has 128 valence electrons. The van der Waals surface area contributed by atoms with Gasteiger partial charge >= 0.3 is 6.09 Å². The molecule has 2 aromatic carbocycles. The zero-order valence-electron chi connectivity index (χ0n) is 14.2. The number of hydrogen-bond acceptors (Lipinski definition) is 3. The van der Waals surface area contributed by atoms with E-state index in [1.165, 1.54) is 11.1 Å². The molecule has 24 heavy (non-hydrogen) atoms. The van der Waals surface area contributed by atoms with Crippen LogP contribution in [0.1, 0.15) is 29.2 Å². The first-order chi connectivity index (χ1) is 11.5. The van der Waals surface area contributed by atoms with Crippen molar-refractivity contribution in [1.82, 2.24) is 0 Å². The van der Waals surface area contributed by atoms with Gasteiger partial charge in [0.05, 0.1) is 5.69 Å². The highest BCUT2D eigenvalue weighted by Crippen LogP contribution is 2.25. The molecule has 0 radical (unpaired) electrons. The van der Waals surface area contributed by atoms with Crippen molar-refractivity contribution < 1.29 is 18.7 Å². The van der Waals surface area contributed by atoms with Crippen molar-refractivity contribution in [2.75, 3.05) is 12.2 Å². The summed E-state index contributed by atoms with van der Waals surface area (Å²) in [5.74, 6) is 0.811. The predicted octanol–water partition coefficient (Wildman–Crippen LogP) is 4.92. The van der Waals surface area contributed by atoms with Crippen molar-refractivity contribution in [3.05, 3.63) is 58.7 Å². The Labute approximate surface area is 141 Å². The number of halogens is 1. The van der Waals surface area contributed by atoms with Crippen molar-refractivity contribution >= 4 is 11.8 Å². The fourth-order valence-electron chi connectivity index (χ4n) is 2.51. The second-order valence-electron chi connectivity index (χ2n) is 5.51. The van der Waals surface area contributed by atoms with E-state index in [1.807, 2.05) is 25.1 Å². The maximum Gasteiger partial charge on any atom is 0.413 e. The number of amides is 1. The number of hydrogen-bond donors (Lipinski definition) is 1. The first kappa shape index (κ1) is 17.8. The zero-order chi connectivity index (χ0) is 17.5. The standard InChI is InChI=1S/C19H22FNO3/c1-4-15-9-14(3)18(10-13(15)2)23-11-16-7-5-6-8-17(16)21-19(22)24-12-20/h5-10H,4,11-12H2,1-3H3,(H,21,22). The number of carbonyl (C=O) groups is 1. The number of rotatable bonds is 6. The van der Waals surface area contributed by atoms with E-state index in [0.29, 0.717) is 5.69 Å². The molecule has 0 spiro atoms. The van der Waals surface area contributed by atoms with Crippen molar-refractivity contribution in [3.63, 3.8) is 0 Å². The molecule has 0 fully saturated rings. The number of ether oxygens (including phenoxy) is 2. The van der Waals surface area contributed by atoms with Gasteiger partial charge in [-0.25, -0.2) is 9.18 Å². The molecule has 0 saturated carbocycles. The van der Waals surface area contributed by atoms with E-state index in [2.05, 4.69) is 30.0 Å². The Bertz CT molecular complexity index is 716. The summed E-state index contributed by atoms with van der Waals surface area (Å²) in [6.45, 7) is 5.33. The summed E-state index contributed by atoms with van der Waals surface area (Å²) in [6.07, 6.45) is 0.153. The molecular formula is C19H22FNO3. The fraction of sp³-hybridized carbons (Fsp3) is 0.316. The summed E-state index contributed by atoms with van der Waals surface area (Å²) in [6, 6.07) is 11.3. The third kappa shape index (κ3) is 4.47. The van der Waals surface area contributed by atoms with E-state index >= 15 is 0 Å². The van der Waals surface area contributed by atoms with Gasteiger partial charge in [-0.1, -0.05) is 31.2 Å². The van der Waals surface area contributed by atoms with Crippen molar-refractivity contribution in [2.45, 2.75) is 33.8 Å². The molecule has 0 unspecified atom stereocenters. The van der Waals surface area contributed by atoms with Gasteiger partial charge in [0, 0.05) is 5.56 Å². The average Bonchev–Trinajstić information content (AvgIpc) is 2.56. The van der Waals surface area contributed by atoms with Gasteiger partial charge in [0.25, 0.3) is 0 Å². The van der Waals surface area contributed by atoms with Gasteiger partial charge in [-0.3, -0.25) is 5.32 Å². The van der Waals surface area contributed by atoms with E-state index in [-0.39, 0.29) is 6.61 Å². The lowest BCUT2D eigenvalue weighted by Crippen LogP contribution is -2.14. The molecule has 0 heterocycles. The Balaban J connectivity index is 2.12. The Kier molecular flexibility index (Phi) is 6.18. The molecule has 0 bridgehead atoms. The van der Waals surface area contributed by atoms with Crippen LogP contribution in [0, 0.1) is 13.8 Å². The third-order valence-corrected chi connectivity index (χ3v) is 3.84. The number of aryl methyl sites for hydroxylation is 3. The van der Waals surface area contributed by atoms with Crippen LogP contribution in [0.3, 0.4) is 0 Å². The fourth-order valence-corrected chi connectivity index (χ4v) is 2.51. The molecule has 4 nitrogen and oxygen atoms in total. The Morgan fingerprint density at radius 3 is 2.58 bits per heavy atom. The average molecular weight is 331 g/mol. The van der Waals surface area contributed by atoms with Crippen LogP contribution in [0.4, 0.5) is 14.9 Å². The van der Waals surface area contributed by atoms with E-state index in [1.54, 1.807) is 12.1 Å². The minimum Gasteiger partial charge on any atom is -0.489 e. The SMILES string of the molecule is CCc1cc(C)c(OCc2ccccc2NC(=O)OCF)cc1C. The van der Waals surface area contributed by atoms with Crippen LogP contribution in [0.5, 0.6) is 5.75 Å². The molecular weight excluding hydrogens is 309 g/mol. The topological polar surface area (TPSA) is 47.6 Å². The summed E-state index contributed by atoms with van der Waals surface area (Å²) in [5, 5.41) is 2.51. The number of carbonyl (C=O) groups excluding carboxylic acids is 1. The molecule has 0 aliphatic carbocycles. The van der Waals surface area contributed by atoms with Crippen molar-refractivity contribution in [1.29, 1.82) is 0 Å². The molecule has 1 N–H and O–H groups in total. The molecule has 0 aliphatic rings. The lowest BCUT2D eigenvalue weighted by Gasteiger charge is -2.15. The molecule has 0 aliphatic heterocycles. The molecule has 1 amide bonds. The number of benzene rings is 2. The van der Waals surface area contributed by atoms with Crippen LogP contribution in [-0.4, -0.2) is 13.0 Å². The normalized spacial score (nSPS) is 10.3. The molecule has 2 rings (SSSR count). The van der Waals surface area contributed by atoms with Crippen LogP contribution >= 0.6 is 0 Å². The lowest BCUT2D eigenvalue weighted by atomic mass is 10.0. The summed E-state index contributed by atoms with van der Waals surface area (Å²) < 4.78 is 22.2. The van der Waals surface area contributed by atoms with Crippen molar-refractivity contribution in [3.8, 4) is 5.75 Å². The molecule has 0 atom stereocenters. The van der Waals surface area contributed by atoms with Gasteiger partial charge in [0.2, 0.25) is 6.86 Å². The smallest absolute Gasteiger partial charge is 0.413 e. The van der Waals surface area contributed by atoms with Gasteiger partial charge in [0.1, 0.15) is 12.4 Å². The predicted molar refractivity (Wildman–Crippen MR) is 92.1 cm³/mol. The first-order valence-electron chi connectivity index (χ1n) is 7.85. The van der Waals surface area contributed by atoms with E-state index in [0.717, 1.165) is 23.3 Å². The minimum absolute atomic E-state index is 0.290. The maximum atomic E-state index is 12.1. The summed E-state index contributed by atoms with van der Waals surface area (Å²) in [4.78, 5) is 11.4. The van der Waals surface area contributed by atoms with E-state index in [9.17, 15) is 9.18 Å². The Morgan fingerprint density at radius 2 is 1.88 bits per heavy atom. The second-order valence-corrected chi connectivity index (χ2v) is 5.51. The number of alkyl halides is 1. The van der Waals surface area contributed by atoms with Gasteiger partial charge in [-0.15, -0.1) is 0 Å². The second kappa shape index (κ2) is 8.34. The van der Waals surface area contributed by atoms with Gasteiger partial charge in [0.15, 0.2) is 0 Å². The highest BCUT2D eigenvalue weighted by atomic mass is 19.1. The molecule has 0 aromatic heterocycles. The van der Waals surface area contributed by atoms with Crippen LogP contribution in [-0.2, 0) is 17.8 Å². The van der Waals surface area contributed by atoms with Crippen LogP contribution in [0.2, 0.25) is 0 Å². The van der Waals surface area contributed by atoms with E-state index < -0.39 is 13.0 Å². The first-order valence-corrected chi connectivity index (χ1v) is 7.85. The van der Waals surface area contributed by atoms with Crippen molar-refractivity contribution in [2.24, 2.45) is 0 Å².